The number of ether oxygens (including phenoxy) is 1. The molecular formula is C21H21ClF3N2O. The van der Waals surface area contributed by atoms with Gasteiger partial charge >= 0.3 is 6.18 Å². The van der Waals surface area contributed by atoms with E-state index in [4.69, 9.17) is 16.3 Å². The molecule has 7 heteroatoms. The first-order valence-corrected chi connectivity index (χ1v) is 9.70. The Bertz CT molecular complexity index is 812. The fourth-order valence-corrected chi connectivity index (χ4v) is 4.23. The molecule has 1 unspecified atom stereocenters. The van der Waals surface area contributed by atoms with Crippen LogP contribution in [0.1, 0.15) is 17.5 Å². The number of likely N-dealkylation sites (tertiary alicyclic amines) is 2. The summed E-state index contributed by atoms with van der Waals surface area (Å²) in [4.78, 5) is 4.87. The van der Waals surface area contributed by atoms with E-state index in [2.05, 4.69) is 28.0 Å². The van der Waals surface area contributed by atoms with Crippen LogP contribution < -0.4 is 4.74 Å². The van der Waals surface area contributed by atoms with Crippen LogP contribution in [0.3, 0.4) is 0 Å². The van der Waals surface area contributed by atoms with Crippen LogP contribution in [0.5, 0.6) is 5.75 Å². The summed E-state index contributed by atoms with van der Waals surface area (Å²) in [5, 5.41) is 0.747. The highest BCUT2D eigenvalue weighted by Gasteiger charge is 2.42. The second-order valence-corrected chi connectivity index (χ2v) is 7.83. The molecule has 2 aromatic rings. The predicted octanol–water partition coefficient (Wildman–Crippen LogP) is 4.50. The molecule has 28 heavy (non-hydrogen) atoms. The molecule has 2 bridgehead atoms. The lowest BCUT2D eigenvalue weighted by molar-refractivity contribution is -0.137. The Labute approximate surface area is 167 Å². The van der Waals surface area contributed by atoms with Gasteiger partial charge in [0.25, 0.3) is 0 Å². The Morgan fingerprint density at radius 2 is 1.79 bits per heavy atom. The van der Waals surface area contributed by atoms with Crippen molar-refractivity contribution in [3.63, 3.8) is 0 Å². The van der Waals surface area contributed by atoms with Crippen LogP contribution in [-0.4, -0.2) is 48.1 Å². The quantitative estimate of drug-likeness (QED) is 0.698. The maximum absolute atomic E-state index is 12.8. The van der Waals surface area contributed by atoms with Crippen LogP contribution in [-0.2, 0) is 12.7 Å². The van der Waals surface area contributed by atoms with Crippen molar-refractivity contribution < 1.29 is 17.9 Å². The van der Waals surface area contributed by atoms with Crippen molar-refractivity contribution in [2.24, 2.45) is 0 Å². The summed E-state index contributed by atoms with van der Waals surface area (Å²) in [5.41, 5.74) is 0.524. The molecule has 0 amide bonds. The van der Waals surface area contributed by atoms with Crippen molar-refractivity contribution >= 4 is 11.6 Å². The molecule has 2 aliphatic heterocycles. The molecule has 3 nitrogen and oxygen atoms in total. The Kier molecular flexibility index (Phi) is 5.54. The summed E-state index contributed by atoms with van der Waals surface area (Å²) in [7, 11) is 0. The lowest BCUT2D eigenvalue weighted by Gasteiger charge is -2.34. The van der Waals surface area contributed by atoms with Crippen molar-refractivity contribution in [2.45, 2.75) is 31.2 Å². The number of piperazine rings is 1. The third-order valence-electron chi connectivity index (χ3n) is 5.50. The summed E-state index contributed by atoms with van der Waals surface area (Å²) in [5.74, 6) is 0.212. The summed E-state index contributed by atoms with van der Waals surface area (Å²) in [6.45, 7) is 3.98. The first kappa shape index (κ1) is 19.6. The molecule has 2 atom stereocenters. The summed E-state index contributed by atoms with van der Waals surface area (Å²) in [6.07, 6.45) is -3.25. The molecule has 0 spiro atoms. The molecule has 2 aromatic carbocycles. The number of rotatable bonds is 6. The lowest BCUT2D eigenvalue weighted by Crippen LogP contribution is -2.47. The van der Waals surface area contributed by atoms with Crippen LogP contribution in [0.25, 0.3) is 0 Å². The first-order chi connectivity index (χ1) is 13.4. The van der Waals surface area contributed by atoms with Gasteiger partial charge in [0.1, 0.15) is 12.4 Å². The zero-order valence-electron chi connectivity index (χ0n) is 15.3. The van der Waals surface area contributed by atoms with Crippen molar-refractivity contribution in [1.29, 1.82) is 0 Å². The highest BCUT2D eigenvalue weighted by Crippen LogP contribution is 2.33. The smallest absolute Gasteiger partial charge is 0.416 e. The van der Waals surface area contributed by atoms with Gasteiger partial charge in [-0.2, -0.15) is 13.2 Å². The first-order valence-electron chi connectivity index (χ1n) is 9.32. The highest BCUT2D eigenvalue weighted by molar-refractivity contribution is 6.30. The molecule has 2 aliphatic rings. The Balaban J connectivity index is 1.25. The van der Waals surface area contributed by atoms with Gasteiger partial charge in [0.15, 0.2) is 0 Å². The van der Waals surface area contributed by atoms with Gasteiger partial charge in [-0.25, -0.2) is 0 Å². The standard InChI is InChI=1S/C21H21ClF3N2O/c22-17-6-4-15(5-7-17)12-27-14-18-11-19(27)13-26(18)8-9-28-20-3-1-2-16(10-20)21(23,24)25/h2-7,10,18-19H,8-9,11-14H2/t18?,19-/m0/s1. The van der Waals surface area contributed by atoms with E-state index in [1.807, 2.05) is 12.1 Å². The third-order valence-corrected chi connectivity index (χ3v) is 5.76. The van der Waals surface area contributed by atoms with Gasteiger partial charge in [-0.1, -0.05) is 23.7 Å². The number of nitrogens with zero attached hydrogens (tertiary/aromatic N) is 2. The average Bonchev–Trinajstić information content (AvgIpc) is 3.23. The molecule has 2 fully saturated rings. The molecule has 0 saturated carbocycles. The van der Waals surface area contributed by atoms with E-state index in [9.17, 15) is 13.2 Å². The van der Waals surface area contributed by atoms with E-state index in [0.29, 0.717) is 25.2 Å². The van der Waals surface area contributed by atoms with Crippen LogP contribution in [0.15, 0.2) is 42.5 Å². The monoisotopic (exact) mass is 409 g/mol. The number of hydrogen-bond donors (Lipinski definition) is 0. The minimum atomic E-state index is -4.38. The number of hydrogen-bond acceptors (Lipinski definition) is 3. The second-order valence-electron chi connectivity index (χ2n) is 7.40. The molecule has 149 valence electrons. The van der Waals surface area contributed by atoms with E-state index in [0.717, 1.165) is 43.2 Å². The van der Waals surface area contributed by atoms with E-state index >= 15 is 0 Å². The van der Waals surface area contributed by atoms with Gasteiger partial charge in [-0.15, -0.1) is 0 Å². The molecule has 0 N–H and O–H groups in total. The lowest BCUT2D eigenvalue weighted by atomic mass is 10.2. The molecular weight excluding hydrogens is 389 g/mol. The highest BCUT2D eigenvalue weighted by atomic mass is 35.5. The van der Waals surface area contributed by atoms with Gasteiger partial charge in [0, 0.05) is 43.3 Å². The zero-order valence-corrected chi connectivity index (χ0v) is 16.0. The minimum absolute atomic E-state index is 0.212. The average molecular weight is 410 g/mol. The maximum Gasteiger partial charge on any atom is 0.416 e. The van der Waals surface area contributed by atoms with Crippen molar-refractivity contribution in [1.82, 2.24) is 9.80 Å². The molecule has 2 heterocycles. The minimum Gasteiger partial charge on any atom is -0.492 e. The number of fused-ring (bicyclic) bond motifs is 2. The van der Waals surface area contributed by atoms with Crippen LogP contribution in [0.4, 0.5) is 13.2 Å². The van der Waals surface area contributed by atoms with Gasteiger partial charge in [0.2, 0.25) is 0 Å². The number of halogens is 4. The van der Waals surface area contributed by atoms with Crippen LogP contribution >= 0.6 is 11.6 Å². The number of alkyl halides is 3. The SMILES string of the molecule is FC(F)(F)c1c[c]cc(OCCN2C[C@@H]3CC2CN3Cc2ccc(Cl)cc2)c1. The second kappa shape index (κ2) is 7.93. The van der Waals surface area contributed by atoms with Gasteiger partial charge in [-0.05, 0) is 48.4 Å². The van der Waals surface area contributed by atoms with Gasteiger partial charge in [0.05, 0.1) is 5.56 Å². The fraction of sp³-hybridized carbons (Fsp3) is 0.429. The van der Waals surface area contributed by atoms with Crippen LogP contribution in [0.2, 0.25) is 5.02 Å². The van der Waals surface area contributed by atoms with E-state index < -0.39 is 11.7 Å². The van der Waals surface area contributed by atoms with Crippen molar-refractivity contribution in [3.05, 3.63) is 64.7 Å². The summed E-state index contributed by atoms with van der Waals surface area (Å²) >= 11 is 5.94. The fourth-order valence-electron chi connectivity index (χ4n) is 4.10. The third kappa shape index (κ3) is 4.45. The molecule has 0 aromatic heterocycles. The Morgan fingerprint density at radius 3 is 2.46 bits per heavy atom. The molecule has 2 saturated heterocycles. The van der Waals surface area contributed by atoms with Crippen LogP contribution in [0, 0.1) is 6.07 Å². The maximum atomic E-state index is 12.8. The molecule has 4 rings (SSSR count). The summed E-state index contributed by atoms with van der Waals surface area (Å²) in [6, 6.07) is 14.9. The van der Waals surface area contributed by atoms with E-state index in [1.54, 1.807) is 0 Å². The Morgan fingerprint density at radius 1 is 1.07 bits per heavy atom. The topological polar surface area (TPSA) is 15.7 Å². The largest absolute Gasteiger partial charge is 0.492 e. The normalized spacial score (nSPS) is 22.7. The van der Waals surface area contributed by atoms with Crippen molar-refractivity contribution in [2.75, 3.05) is 26.2 Å². The zero-order chi connectivity index (χ0) is 19.7. The van der Waals surface area contributed by atoms with Crippen molar-refractivity contribution in [3.8, 4) is 5.75 Å². The van der Waals surface area contributed by atoms with E-state index in [1.165, 1.54) is 11.6 Å². The number of benzene rings is 2. The Hall–Kier alpha value is -1.76. The van der Waals surface area contributed by atoms with Gasteiger partial charge < -0.3 is 4.74 Å². The molecule has 1 radical (unpaired) electrons. The van der Waals surface area contributed by atoms with Gasteiger partial charge in [-0.3, -0.25) is 9.80 Å². The molecule has 0 aliphatic carbocycles. The van der Waals surface area contributed by atoms with E-state index in [-0.39, 0.29) is 5.75 Å². The summed E-state index contributed by atoms with van der Waals surface area (Å²) < 4.78 is 43.8. The predicted molar refractivity (Wildman–Crippen MR) is 101 cm³/mol.